The number of H-pyrrole nitrogens is 1. The predicted molar refractivity (Wildman–Crippen MR) is 70.9 cm³/mol. The van der Waals surface area contributed by atoms with Crippen LogP contribution in [0.5, 0.6) is 0 Å². The van der Waals surface area contributed by atoms with E-state index in [0.29, 0.717) is 5.82 Å². The van der Waals surface area contributed by atoms with Gasteiger partial charge in [0.05, 0.1) is 12.2 Å². The fraction of sp³-hybridized carbons (Fsp3) is 0.308. The molecule has 0 aliphatic heterocycles. The Balaban J connectivity index is 2.06. The highest BCUT2D eigenvalue weighted by atomic mass is 15.2. The average Bonchev–Trinajstić information content (AvgIpc) is 2.75. The summed E-state index contributed by atoms with van der Waals surface area (Å²) in [5.41, 5.74) is 9.13. The van der Waals surface area contributed by atoms with Crippen LogP contribution in [0.2, 0.25) is 0 Å². The monoisotopic (exact) mass is 230 g/mol. The Morgan fingerprint density at radius 2 is 2.00 bits per heavy atom. The topological polar surface area (TPSA) is 57.9 Å². The summed E-state index contributed by atoms with van der Waals surface area (Å²) in [6.45, 7) is 2.93. The quantitative estimate of drug-likeness (QED) is 0.846. The number of rotatable bonds is 4. The Morgan fingerprint density at radius 1 is 1.29 bits per heavy atom. The van der Waals surface area contributed by atoms with Crippen LogP contribution in [0.3, 0.4) is 0 Å². The second-order valence-electron chi connectivity index (χ2n) is 4.19. The van der Waals surface area contributed by atoms with Gasteiger partial charge in [0.1, 0.15) is 5.82 Å². The molecule has 1 aromatic heterocycles. The van der Waals surface area contributed by atoms with Gasteiger partial charge in [-0.1, -0.05) is 19.1 Å². The molecule has 2 rings (SSSR count). The van der Waals surface area contributed by atoms with Gasteiger partial charge in [-0.25, -0.2) is 0 Å². The zero-order valence-corrected chi connectivity index (χ0v) is 10.3. The van der Waals surface area contributed by atoms with Gasteiger partial charge in [0.15, 0.2) is 0 Å². The third kappa shape index (κ3) is 2.78. The molecule has 0 aliphatic rings. The van der Waals surface area contributed by atoms with E-state index in [1.165, 1.54) is 11.3 Å². The smallest absolute Gasteiger partial charge is 0.145 e. The maximum atomic E-state index is 5.57. The summed E-state index contributed by atoms with van der Waals surface area (Å²) in [4.78, 5) is 2.16. The highest BCUT2D eigenvalue weighted by Crippen LogP contribution is 2.16. The molecule has 0 amide bonds. The van der Waals surface area contributed by atoms with Crippen molar-refractivity contribution in [2.75, 3.05) is 17.7 Å². The number of nitrogen functional groups attached to an aromatic ring is 1. The summed E-state index contributed by atoms with van der Waals surface area (Å²) >= 11 is 0. The third-order valence-electron chi connectivity index (χ3n) is 2.84. The molecule has 4 heteroatoms. The highest BCUT2D eigenvalue weighted by Gasteiger charge is 2.04. The molecule has 17 heavy (non-hydrogen) atoms. The minimum absolute atomic E-state index is 0.537. The number of nitrogens with two attached hydrogens (primary N) is 1. The Labute approximate surface area is 101 Å². The Hall–Kier alpha value is -1.97. The lowest BCUT2D eigenvalue weighted by molar-refractivity contribution is 0.869. The second kappa shape index (κ2) is 4.91. The van der Waals surface area contributed by atoms with Gasteiger partial charge in [0.2, 0.25) is 0 Å². The largest absolute Gasteiger partial charge is 0.382 e. The molecule has 0 radical (unpaired) electrons. The first-order valence-electron chi connectivity index (χ1n) is 5.79. The van der Waals surface area contributed by atoms with E-state index in [4.69, 9.17) is 5.73 Å². The molecule has 0 saturated carbocycles. The summed E-state index contributed by atoms with van der Waals surface area (Å²) in [5.74, 6) is 0.537. The van der Waals surface area contributed by atoms with Crippen molar-refractivity contribution in [1.82, 2.24) is 10.2 Å². The Bertz CT molecular complexity index is 472. The third-order valence-corrected chi connectivity index (χ3v) is 2.84. The van der Waals surface area contributed by atoms with Crippen LogP contribution in [-0.4, -0.2) is 17.2 Å². The van der Waals surface area contributed by atoms with Gasteiger partial charge in [-0.15, -0.1) is 0 Å². The highest BCUT2D eigenvalue weighted by molar-refractivity contribution is 5.47. The molecule has 4 nitrogen and oxygen atoms in total. The first-order chi connectivity index (χ1) is 8.19. The summed E-state index contributed by atoms with van der Waals surface area (Å²) in [6, 6.07) is 10.5. The number of hydrogen-bond acceptors (Lipinski definition) is 3. The van der Waals surface area contributed by atoms with Crippen molar-refractivity contribution in [1.29, 1.82) is 0 Å². The summed E-state index contributed by atoms with van der Waals surface area (Å²) in [5, 5.41) is 6.83. The first-order valence-corrected chi connectivity index (χ1v) is 5.79. The lowest BCUT2D eigenvalue weighted by Gasteiger charge is -2.18. The molecule has 0 aliphatic carbocycles. The molecule has 0 saturated heterocycles. The molecule has 1 aromatic carbocycles. The molecule has 90 valence electrons. The number of aryl methyl sites for hydroxylation is 1. The summed E-state index contributed by atoms with van der Waals surface area (Å²) in [6.07, 6.45) is 1.07. The Morgan fingerprint density at radius 3 is 2.53 bits per heavy atom. The van der Waals surface area contributed by atoms with Gasteiger partial charge in [0.25, 0.3) is 0 Å². The fourth-order valence-corrected chi connectivity index (χ4v) is 1.79. The summed E-state index contributed by atoms with van der Waals surface area (Å²) < 4.78 is 0. The zero-order valence-electron chi connectivity index (χ0n) is 10.3. The van der Waals surface area contributed by atoms with Crippen LogP contribution in [0.1, 0.15) is 18.2 Å². The fourth-order valence-electron chi connectivity index (χ4n) is 1.79. The van der Waals surface area contributed by atoms with Gasteiger partial charge in [-0.3, -0.25) is 5.10 Å². The van der Waals surface area contributed by atoms with Crippen molar-refractivity contribution >= 4 is 11.5 Å². The van der Waals surface area contributed by atoms with E-state index in [-0.39, 0.29) is 0 Å². The predicted octanol–water partition coefficient (Wildman–Crippen LogP) is 2.19. The number of benzene rings is 1. The van der Waals surface area contributed by atoms with Crippen LogP contribution in [-0.2, 0) is 13.0 Å². The molecular weight excluding hydrogens is 212 g/mol. The Kier molecular flexibility index (Phi) is 3.32. The number of aromatic nitrogens is 2. The van der Waals surface area contributed by atoms with Gasteiger partial charge in [0, 0.05) is 18.8 Å². The zero-order chi connectivity index (χ0) is 12.3. The van der Waals surface area contributed by atoms with E-state index >= 15 is 0 Å². The standard InChI is InChI=1S/C13H18N4/c1-3-10-4-6-12(7-5-10)17(2)9-11-8-13(14)16-15-11/h4-8H,3,9H2,1-2H3,(H3,14,15,16). The number of hydrogen-bond donors (Lipinski definition) is 2. The number of anilines is 2. The van der Waals surface area contributed by atoms with Crippen molar-refractivity contribution in [3.8, 4) is 0 Å². The van der Waals surface area contributed by atoms with Gasteiger partial charge in [-0.2, -0.15) is 5.10 Å². The molecule has 1 heterocycles. The molecule has 2 aromatic rings. The molecule has 3 N–H and O–H groups in total. The summed E-state index contributed by atoms with van der Waals surface area (Å²) in [7, 11) is 2.05. The van der Waals surface area contributed by atoms with Gasteiger partial charge < -0.3 is 10.6 Å². The maximum absolute atomic E-state index is 5.57. The molecule has 0 unspecified atom stereocenters. The lowest BCUT2D eigenvalue weighted by Crippen LogP contribution is -2.16. The van der Waals surface area contributed by atoms with Crippen LogP contribution in [0.25, 0.3) is 0 Å². The van der Waals surface area contributed by atoms with Crippen LogP contribution in [0.4, 0.5) is 11.5 Å². The minimum atomic E-state index is 0.537. The van der Waals surface area contributed by atoms with Crippen LogP contribution < -0.4 is 10.6 Å². The van der Waals surface area contributed by atoms with E-state index in [9.17, 15) is 0 Å². The van der Waals surface area contributed by atoms with Crippen molar-refractivity contribution < 1.29 is 0 Å². The SMILES string of the molecule is CCc1ccc(N(C)Cc2cc(N)n[nH]2)cc1. The van der Waals surface area contributed by atoms with Crippen molar-refractivity contribution in [3.63, 3.8) is 0 Å². The molecular formula is C13H18N4. The first kappa shape index (κ1) is 11.5. The normalized spacial score (nSPS) is 10.5. The number of nitrogens with one attached hydrogen (secondary N) is 1. The van der Waals surface area contributed by atoms with Crippen LogP contribution >= 0.6 is 0 Å². The van der Waals surface area contributed by atoms with Crippen molar-refractivity contribution in [3.05, 3.63) is 41.6 Å². The number of aromatic amines is 1. The van der Waals surface area contributed by atoms with Crippen molar-refractivity contribution in [2.45, 2.75) is 19.9 Å². The molecule has 0 spiro atoms. The minimum Gasteiger partial charge on any atom is -0.382 e. The van der Waals surface area contributed by atoms with E-state index < -0.39 is 0 Å². The van der Waals surface area contributed by atoms with Crippen LogP contribution in [0, 0.1) is 0 Å². The maximum Gasteiger partial charge on any atom is 0.145 e. The van der Waals surface area contributed by atoms with Gasteiger partial charge in [-0.05, 0) is 24.1 Å². The van der Waals surface area contributed by atoms with E-state index in [1.807, 2.05) is 6.07 Å². The van der Waals surface area contributed by atoms with Crippen LogP contribution in [0.15, 0.2) is 30.3 Å². The van der Waals surface area contributed by atoms with E-state index in [1.54, 1.807) is 0 Å². The lowest BCUT2D eigenvalue weighted by atomic mass is 10.1. The van der Waals surface area contributed by atoms with Gasteiger partial charge >= 0.3 is 0 Å². The molecule has 0 fully saturated rings. The average molecular weight is 230 g/mol. The van der Waals surface area contributed by atoms with E-state index in [2.05, 4.69) is 53.3 Å². The van der Waals surface area contributed by atoms with Crippen molar-refractivity contribution in [2.24, 2.45) is 0 Å². The molecule has 0 atom stereocenters. The number of nitrogens with zero attached hydrogens (tertiary/aromatic N) is 2. The molecule has 0 bridgehead atoms. The van der Waals surface area contributed by atoms with E-state index in [0.717, 1.165) is 18.7 Å². The second-order valence-corrected chi connectivity index (χ2v) is 4.19.